The lowest BCUT2D eigenvalue weighted by atomic mass is 10.1. The third-order valence-corrected chi connectivity index (χ3v) is 5.10. The van der Waals surface area contributed by atoms with Crippen molar-refractivity contribution >= 4 is 17.7 Å². The number of hydrogen-bond donors (Lipinski definition) is 1. The molecule has 0 unspecified atom stereocenters. The van der Waals surface area contributed by atoms with Crippen molar-refractivity contribution in [2.24, 2.45) is 0 Å². The molecule has 0 radical (unpaired) electrons. The van der Waals surface area contributed by atoms with Gasteiger partial charge in [0.1, 0.15) is 12.8 Å². The molecule has 1 saturated heterocycles. The number of halogens is 3. The van der Waals surface area contributed by atoms with Gasteiger partial charge >= 0.3 is 11.7 Å². The predicted molar refractivity (Wildman–Crippen MR) is 113 cm³/mol. The van der Waals surface area contributed by atoms with E-state index in [4.69, 9.17) is 9.47 Å². The first-order valence-electron chi connectivity index (χ1n) is 10.1. The second-order valence-corrected chi connectivity index (χ2v) is 7.46. The average Bonchev–Trinajstić information content (AvgIpc) is 3.14. The highest BCUT2D eigenvalue weighted by Gasteiger charge is 2.52. The summed E-state index contributed by atoms with van der Waals surface area (Å²) >= 11 is 0. The van der Waals surface area contributed by atoms with E-state index in [9.17, 15) is 27.6 Å². The van der Waals surface area contributed by atoms with Gasteiger partial charge in [0.2, 0.25) is 0 Å². The molecule has 1 N–H and O–H groups in total. The molecule has 1 fully saturated rings. The van der Waals surface area contributed by atoms with Crippen molar-refractivity contribution in [2.75, 3.05) is 11.9 Å². The van der Waals surface area contributed by atoms with Gasteiger partial charge in [0, 0.05) is 5.56 Å². The zero-order valence-corrected chi connectivity index (χ0v) is 17.5. The number of ether oxygens (including phenoxy) is 2. The number of carbonyl (C=O) groups is 2. The molecule has 0 aliphatic carbocycles. The first-order chi connectivity index (χ1) is 16.2. The Hall–Kier alpha value is -3.99. The highest BCUT2D eigenvalue weighted by Crippen LogP contribution is 2.40. The maximum atomic E-state index is 14.5. The number of nitrogens with zero attached hydrogens (tertiary/aromatic N) is 2. The Labute approximate surface area is 191 Å². The molecule has 4 rings (SSSR count). The van der Waals surface area contributed by atoms with E-state index in [1.807, 2.05) is 0 Å². The molecular formula is C23H18F3N3O5. The van der Waals surface area contributed by atoms with Gasteiger partial charge < -0.3 is 14.8 Å². The van der Waals surface area contributed by atoms with Crippen molar-refractivity contribution in [1.29, 1.82) is 0 Å². The summed E-state index contributed by atoms with van der Waals surface area (Å²) in [5, 5.41) is 2.17. The van der Waals surface area contributed by atoms with E-state index < -0.39 is 60.5 Å². The van der Waals surface area contributed by atoms with E-state index in [1.54, 1.807) is 36.4 Å². The molecule has 0 bridgehead atoms. The third kappa shape index (κ3) is 4.99. The number of amides is 1. The van der Waals surface area contributed by atoms with Crippen LogP contribution < -0.4 is 11.0 Å². The zero-order valence-electron chi connectivity index (χ0n) is 17.5. The number of nitrogens with one attached hydrogen (secondary N) is 1. The van der Waals surface area contributed by atoms with E-state index in [2.05, 4.69) is 10.3 Å². The van der Waals surface area contributed by atoms with Crippen LogP contribution in [0.3, 0.4) is 0 Å². The van der Waals surface area contributed by atoms with Crippen LogP contribution in [0.5, 0.6) is 0 Å². The summed E-state index contributed by atoms with van der Waals surface area (Å²) < 4.78 is 54.2. The maximum absolute atomic E-state index is 14.5. The highest BCUT2D eigenvalue weighted by atomic mass is 19.3. The summed E-state index contributed by atoms with van der Waals surface area (Å²) in [5.74, 6) is -6.74. The lowest BCUT2D eigenvalue weighted by Crippen LogP contribution is -2.33. The summed E-state index contributed by atoms with van der Waals surface area (Å²) in [6.07, 6.45) is -3.73. The van der Waals surface area contributed by atoms with Gasteiger partial charge in [-0.05, 0) is 24.3 Å². The Balaban J connectivity index is 1.45. The van der Waals surface area contributed by atoms with Crippen LogP contribution in [0.4, 0.5) is 19.0 Å². The largest absolute Gasteiger partial charge is 0.459 e. The van der Waals surface area contributed by atoms with Gasteiger partial charge in [-0.1, -0.05) is 36.4 Å². The molecular weight excluding hydrogens is 455 g/mol. The van der Waals surface area contributed by atoms with Crippen LogP contribution in [0.25, 0.3) is 0 Å². The van der Waals surface area contributed by atoms with Gasteiger partial charge in [0.05, 0.1) is 18.2 Å². The fourth-order valence-corrected chi connectivity index (χ4v) is 3.34. The Morgan fingerprint density at radius 2 is 1.71 bits per heavy atom. The van der Waals surface area contributed by atoms with E-state index in [1.165, 1.54) is 24.3 Å². The number of benzene rings is 2. The molecule has 8 nitrogen and oxygen atoms in total. The molecule has 0 saturated carbocycles. The van der Waals surface area contributed by atoms with Crippen LogP contribution in [0, 0.1) is 5.82 Å². The second kappa shape index (κ2) is 9.48. The molecule has 3 aromatic rings. The number of carbonyl (C=O) groups excluding carboxylic acids is 2. The minimum atomic E-state index is -3.46. The lowest BCUT2D eigenvalue weighted by molar-refractivity contribution is -0.105. The van der Waals surface area contributed by atoms with Crippen molar-refractivity contribution in [3.05, 3.63) is 94.3 Å². The van der Waals surface area contributed by atoms with Crippen LogP contribution in [-0.4, -0.2) is 40.1 Å². The highest BCUT2D eigenvalue weighted by molar-refractivity contribution is 6.03. The third-order valence-electron chi connectivity index (χ3n) is 5.10. The van der Waals surface area contributed by atoms with Crippen molar-refractivity contribution < 1.29 is 32.2 Å². The topological polar surface area (TPSA) is 99.5 Å². The first-order valence-corrected chi connectivity index (χ1v) is 10.1. The van der Waals surface area contributed by atoms with Gasteiger partial charge in [-0.15, -0.1) is 0 Å². The summed E-state index contributed by atoms with van der Waals surface area (Å²) in [4.78, 5) is 40.1. The Bertz CT molecular complexity index is 1250. The fraction of sp³-hybridized carbons (Fsp3) is 0.217. The monoisotopic (exact) mass is 473 g/mol. The Morgan fingerprint density at radius 1 is 1.09 bits per heavy atom. The molecule has 34 heavy (non-hydrogen) atoms. The Morgan fingerprint density at radius 3 is 2.35 bits per heavy atom. The second-order valence-electron chi connectivity index (χ2n) is 7.46. The van der Waals surface area contributed by atoms with Gasteiger partial charge in [-0.25, -0.2) is 22.8 Å². The van der Waals surface area contributed by atoms with Gasteiger partial charge in [-0.3, -0.25) is 9.36 Å². The van der Waals surface area contributed by atoms with Crippen molar-refractivity contribution in [3.8, 4) is 0 Å². The van der Waals surface area contributed by atoms with Crippen molar-refractivity contribution in [3.63, 3.8) is 0 Å². The number of aromatic nitrogens is 2. The van der Waals surface area contributed by atoms with Crippen LogP contribution in [0.2, 0.25) is 0 Å². The first kappa shape index (κ1) is 23.2. The summed E-state index contributed by atoms with van der Waals surface area (Å²) in [5.41, 5.74) is -0.719. The summed E-state index contributed by atoms with van der Waals surface area (Å²) in [7, 11) is 0. The number of anilines is 1. The van der Waals surface area contributed by atoms with Crippen molar-refractivity contribution in [1.82, 2.24) is 9.55 Å². The molecule has 1 aliphatic heterocycles. The number of rotatable bonds is 6. The van der Waals surface area contributed by atoms with Crippen LogP contribution in [0.15, 0.2) is 71.7 Å². The van der Waals surface area contributed by atoms with E-state index in [-0.39, 0.29) is 11.1 Å². The van der Waals surface area contributed by atoms with E-state index in [0.717, 1.165) is 0 Å². The van der Waals surface area contributed by atoms with E-state index >= 15 is 0 Å². The van der Waals surface area contributed by atoms with Crippen LogP contribution in [-0.2, 0) is 9.47 Å². The van der Waals surface area contributed by atoms with Gasteiger partial charge in [0.15, 0.2) is 17.7 Å². The standard InChI is InChI=1S/C23H18F3N3O5/c24-16-12-29(22(32)28-19(16)27-20(30)14-7-3-1-4-8-14)18-11-23(25,26)17(34-18)13-33-21(31)15-9-5-2-6-10-15/h1-10,12,17-18H,11,13H2,(H,27,28,30,32)/t17-,18-/m0/s1. The Kier molecular flexibility index (Phi) is 6.46. The quantitative estimate of drug-likeness (QED) is 0.551. The number of alkyl halides is 2. The van der Waals surface area contributed by atoms with Crippen molar-refractivity contribution in [2.45, 2.75) is 24.7 Å². The van der Waals surface area contributed by atoms with E-state index in [0.29, 0.717) is 10.8 Å². The van der Waals surface area contributed by atoms with Crippen LogP contribution in [0.1, 0.15) is 33.4 Å². The smallest absolute Gasteiger partial charge is 0.351 e. The molecule has 11 heteroatoms. The molecule has 2 aromatic carbocycles. The molecule has 2 heterocycles. The number of hydrogen-bond acceptors (Lipinski definition) is 6. The minimum Gasteiger partial charge on any atom is -0.459 e. The minimum absolute atomic E-state index is 0.177. The molecule has 1 amide bonds. The molecule has 1 aromatic heterocycles. The molecule has 176 valence electrons. The van der Waals surface area contributed by atoms with Gasteiger partial charge in [0.25, 0.3) is 11.8 Å². The predicted octanol–water partition coefficient (Wildman–Crippen LogP) is 3.41. The fourth-order valence-electron chi connectivity index (χ4n) is 3.34. The normalized spacial score (nSPS) is 18.9. The SMILES string of the molecule is O=C(Nc1nc(=O)n([C@@H]2CC(F)(F)[C@H](COC(=O)c3ccccc3)O2)cc1F)c1ccccc1. The summed E-state index contributed by atoms with van der Waals surface area (Å²) in [6.45, 7) is -0.771. The molecule has 2 atom stereocenters. The lowest BCUT2D eigenvalue weighted by Gasteiger charge is -2.17. The molecule has 1 aliphatic rings. The van der Waals surface area contributed by atoms with Gasteiger partial charge in [-0.2, -0.15) is 4.98 Å². The maximum Gasteiger partial charge on any atom is 0.351 e. The number of esters is 1. The summed E-state index contributed by atoms with van der Waals surface area (Å²) in [6, 6.07) is 15.6. The molecule has 0 spiro atoms. The zero-order chi connectivity index (χ0) is 24.3. The van der Waals surface area contributed by atoms with Crippen LogP contribution >= 0.6 is 0 Å². The average molecular weight is 473 g/mol.